The molecule has 1 saturated carbocycles. The molecule has 5 nitrogen and oxygen atoms in total. The minimum Gasteiger partial charge on any atom is -0.490 e. The Morgan fingerprint density at radius 3 is 2.37 bits per heavy atom. The highest BCUT2D eigenvalue weighted by atomic mass is 16.5. The number of nitrogens with one attached hydrogen (secondary N) is 1. The first-order chi connectivity index (χ1) is 14.7. The molecule has 2 amide bonds. The number of hydrogen-bond donors (Lipinski definition) is 1. The summed E-state index contributed by atoms with van der Waals surface area (Å²) in [6.45, 7) is 1.56. The molecule has 5 rings (SSSR count). The van der Waals surface area contributed by atoms with E-state index >= 15 is 0 Å². The molecule has 0 bridgehead atoms. The molecule has 30 heavy (non-hydrogen) atoms. The second-order valence-electron chi connectivity index (χ2n) is 8.70. The molecule has 0 unspecified atom stereocenters. The van der Waals surface area contributed by atoms with Crippen molar-refractivity contribution >= 4 is 11.8 Å². The van der Waals surface area contributed by atoms with Gasteiger partial charge in [0.25, 0.3) is 5.91 Å². The molecule has 1 saturated heterocycles. The fourth-order valence-corrected chi connectivity index (χ4v) is 4.61. The molecule has 0 radical (unpaired) electrons. The van der Waals surface area contributed by atoms with Crippen LogP contribution in [0.4, 0.5) is 0 Å². The van der Waals surface area contributed by atoms with Gasteiger partial charge in [0.2, 0.25) is 5.91 Å². The maximum absolute atomic E-state index is 12.7. The van der Waals surface area contributed by atoms with Gasteiger partial charge in [-0.2, -0.15) is 0 Å². The quantitative estimate of drug-likeness (QED) is 0.823. The number of rotatable bonds is 5. The number of aryl methyl sites for hydroxylation is 1. The Hall–Kier alpha value is -2.82. The van der Waals surface area contributed by atoms with Gasteiger partial charge in [-0.05, 0) is 61.1 Å². The van der Waals surface area contributed by atoms with Crippen LogP contribution >= 0.6 is 0 Å². The standard InChI is InChI=1S/C25H28N2O3/c28-24(26-23-12-9-17-3-1-2-4-22(17)23)18-7-10-20(11-8-18)30-21-13-15-27(16-14-21)25(29)19-5-6-19/h1-4,7-8,10-11,19,21,23H,5-6,9,12-16H2,(H,26,28)/t23-/m0/s1. The molecule has 0 spiro atoms. The third-order valence-electron chi connectivity index (χ3n) is 6.54. The first-order valence-corrected chi connectivity index (χ1v) is 11.1. The molecular formula is C25H28N2O3. The first kappa shape index (κ1) is 19.2. The molecule has 1 heterocycles. The Balaban J connectivity index is 1.13. The summed E-state index contributed by atoms with van der Waals surface area (Å²) in [6, 6.07) is 15.8. The van der Waals surface area contributed by atoms with Gasteiger partial charge < -0.3 is 15.0 Å². The summed E-state index contributed by atoms with van der Waals surface area (Å²) in [5.41, 5.74) is 3.21. The highest BCUT2D eigenvalue weighted by molar-refractivity contribution is 5.94. The maximum Gasteiger partial charge on any atom is 0.251 e. The number of likely N-dealkylation sites (tertiary alicyclic amines) is 1. The topological polar surface area (TPSA) is 58.6 Å². The van der Waals surface area contributed by atoms with Crippen molar-refractivity contribution in [3.63, 3.8) is 0 Å². The highest BCUT2D eigenvalue weighted by Gasteiger charge is 2.35. The summed E-state index contributed by atoms with van der Waals surface area (Å²) in [5, 5.41) is 3.16. The minimum absolute atomic E-state index is 0.0462. The average molecular weight is 405 g/mol. The van der Waals surface area contributed by atoms with E-state index in [1.807, 2.05) is 35.2 Å². The van der Waals surface area contributed by atoms with Crippen molar-refractivity contribution in [1.82, 2.24) is 10.2 Å². The van der Waals surface area contributed by atoms with Crippen molar-refractivity contribution in [2.75, 3.05) is 13.1 Å². The summed E-state index contributed by atoms with van der Waals surface area (Å²) in [5.74, 6) is 1.35. The van der Waals surface area contributed by atoms with Crippen molar-refractivity contribution < 1.29 is 14.3 Å². The van der Waals surface area contributed by atoms with Crippen LogP contribution in [0.1, 0.15) is 59.6 Å². The van der Waals surface area contributed by atoms with Crippen molar-refractivity contribution in [3.8, 4) is 5.75 Å². The fraction of sp³-hybridized carbons (Fsp3) is 0.440. The number of ether oxygens (including phenoxy) is 1. The minimum atomic E-state index is -0.0462. The van der Waals surface area contributed by atoms with Crippen LogP contribution in [0, 0.1) is 5.92 Å². The lowest BCUT2D eigenvalue weighted by atomic mass is 10.1. The van der Waals surface area contributed by atoms with Crippen LogP contribution in [-0.2, 0) is 11.2 Å². The van der Waals surface area contributed by atoms with Crippen LogP contribution in [-0.4, -0.2) is 35.9 Å². The lowest BCUT2D eigenvalue weighted by molar-refractivity contribution is -0.134. The smallest absolute Gasteiger partial charge is 0.251 e. The Morgan fingerprint density at radius 1 is 0.900 bits per heavy atom. The second kappa shape index (κ2) is 8.13. The summed E-state index contributed by atoms with van der Waals surface area (Å²) in [6.07, 6.45) is 5.93. The predicted octanol–water partition coefficient (Wildman–Crippen LogP) is 3.88. The van der Waals surface area contributed by atoms with Gasteiger partial charge in [-0.3, -0.25) is 9.59 Å². The summed E-state index contributed by atoms with van der Waals surface area (Å²) < 4.78 is 6.10. The summed E-state index contributed by atoms with van der Waals surface area (Å²) in [4.78, 5) is 26.8. The van der Waals surface area contributed by atoms with Gasteiger partial charge in [-0.1, -0.05) is 24.3 Å². The van der Waals surface area contributed by atoms with Gasteiger partial charge in [0, 0.05) is 37.4 Å². The van der Waals surface area contributed by atoms with Crippen LogP contribution in [0.5, 0.6) is 5.75 Å². The van der Waals surface area contributed by atoms with E-state index in [4.69, 9.17) is 4.74 Å². The molecule has 1 N–H and O–H groups in total. The number of carbonyl (C=O) groups is 2. The molecule has 2 aliphatic carbocycles. The third kappa shape index (κ3) is 4.07. The van der Waals surface area contributed by atoms with Gasteiger partial charge in [-0.15, -0.1) is 0 Å². The zero-order valence-corrected chi connectivity index (χ0v) is 17.2. The van der Waals surface area contributed by atoms with Gasteiger partial charge in [-0.25, -0.2) is 0 Å². The van der Waals surface area contributed by atoms with Crippen LogP contribution in [0.3, 0.4) is 0 Å². The molecule has 5 heteroatoms. The molecular weight excluding hydrogens is 376 g/mol. The normalized spacial score (nSPS) is 21.2. The predicted molar refractivity (Wildman–Crippen MR) is 114 cm³/mol. The van der Waals surface area contributed by atoms with E-state index in [0.717, 1.165) is 57.4 Å². The Morgan fingerprint density at radius 2 is 1.63 bits per heavy atom. The van der Waals surface area contributed by atoms with Gasteiger partial charge in [0.15, 0.2) is 0 Å². The molecule has 156 valence electrons. The van der Waals surface area contributed by atoms with E-state index in [2.05, 4.69) is 23.5 Å². The summed E-state index contributed by atoms with van der Waals surface area (Å²) >= 11 is 0. The molecule has 2 aromatic rings. The molecule has 1 atom stereocenters. The molecule has 3 aliphatic rings. The molecule has 2 aromatic carbocycles. The van der Waals surface area contributed by atoms with Crippen molar-refractivity contribution in [2.24, 2.45) is 5.92 Å². The Bertz CT molecular complexity index is 928. The molecule has 1 aliphatic heterocycles. The van der Waals surface area contributed by atoms with Crippen LogP contribution in [0.15, 0.2) is 48.5 Å². The van der Waals surface area contributed by atoms with Crippen molar-refractivity contribution in [1.29, 1.82) is 0 Å². The second-order valence-corrected chi connectivity index (χ2v) is 8.70. The number of amides is 2. The number of hydrogen-bond acceptors (Lipinski definition) is 3. The third-order valence-corrected chi connectivity index (χ3v) is 6.54. The van der Waals surface area contributed by atoms with E-state index in [-0.39, 0.29) is 18.1 Å². The van der Waals surface area contributed by atoms with Gasteiger partial charge in [0.05, 0.1) is 6.04 Å². The largest absolute Gasteiger partial charge is 0.490 e. The number of nitrogens with zero attached hydrogens (tertiary/aromatic N) is 1. The average Bonchev–Trinajstić information content (AvgIpc) is 3.56. The van der Waals surface area contributed by atoms with Gasteiger partial charge >= 0.3 is 0 Å². The zero-order chi connectivity index (χ0) is 20.5. The SMILES string of the molecule is O=C(N[C@H]1CCc2ccccc21)c1ccc(OC2CCN(C(=O)C3CC3)CC2)cc1. The molecule has 0 aromatic heterocycles. The van der Waals surface area contributed by atoms with Crippen LogP contribution in [0.25, 0.3) is 0 Å². The van der Waals surface area contributed by atoms with E-state index in [0.29, 0.717) is 17.4 Å². The van der Waals surface area contributed by atoms with Gasteiger partial charge in [0.1, 0.15) is 11.9 Å². The van der Waals surface area contributed by atoms with Crippen LogP contribution in [0.2, 0.25) is 0 Å². The molecule has 2 fully saturated rings. The number of piperidine rings is 1. The highest BCUT2D eigenvalue weighted by Crippen LogP contribution is 2.33. The van der Waals surface area contributed by atoms with Crippen molar-refractivity contribution in [2.45, 2.75) is 50.7 Å². The van der Waals surface area contributed by atoms with E-state index in [9.17, 15) is 9.59 Å². The van der Waals surface area contributed by atoms with E-state index < -0.39 is 0 Å². The fourth-order valence-electron chi connectivity index (χ4n) is 4.61. The maximum atomic E-state index is 12.7. The number of fused-ring (bicyclic) bond motifs is 1. The number of carbonyl (C=O) groups excluding carboxylic acids is 2. The van der Waals surface area contributed by atoms with Crippen LogP contribution < -0.4 is 10.1 Å². The zero-order valence-electron chi connectivity index (χ0n) is 17.2. The van der Waals surface area contributed by atoms with E-state index in [1.54, 1.807) is 0 Å². The monoisotopic (exact) mass is 404 g/mol. The Kier molecular flexibility index (Phi) is 5.19. The van der Waals surface area contributed by atoms with E-state index in [1.165, 1.54) is 11.1 Å². The Labute approximate surface area is 177 Å². The lowest BCUT2D eigenvalue weighted by Gasteiger charge is -2.32. The lowest BCUT2D eigenvalue weighted by Crippen LogP contribution is -2.42. The van der Waals surface area contributed by atoms with Crippen molar-refractivity contribution in [3.05, 3.63) is 65.2 Å². The number of benzene rings is 2. The summed E-state index contributed by atoms with van der Waals surface area (Å²) in [7, 11) is 0. The first-order valence-electron chi connectivity index (χ1n) is 11.1.